The van der Waals surface area contributed by atoms with Crippen molar-refractivity contribution in [2.75, 3.05) is 6.54 Å². The minimum Gasteiger partial charge on any atom is -0.302 e. The Morgan fingerprint density at radius 2 is 2.00 bits per heavy atom. The molecule has 2 nitrogen and oxygen atoms in total. The van der Waals surface area contributed by atoms with E-state index in [9.17, 15) is 0 Å². The number of nitrogens with one attached hydrogen (secondary N) is 1. The van der Waals surface area contributed by atoms with E-state index >= 15 is 0 Å². The Morgan fingerprint density at radius 3 is 2.64 bits per heavy atom. The largest absolute Gasteiger partial charge is 0.302 e. The number of hydrogen-bond acceptors (Lipinski definition) is 2. The summed E-state index contributed by atoms with van der Waals surface area (Å²) < 4.78 is 0. The van der Waals surface area contributed by atoms with Gasteiger partial charge in [0.15, 0.2) is 0 Å². The Bertz CT molecular complexity index is 179. The monoisotopic (exact) mass is 194 g/mol. The molecule has 0 aliphatic heterocycles. The highest BCUT2D eigenvalue weighted by molar-refractivity contribution is 4.87. The number of allylic oxidation sites excluding steroid dienone is 1. The van der Waals surface area contributed by atoms with E-state index in [1.54, 1.807) is 0 Å². The first-order valence-electron chi connectivity index (χ1n) is 5.59. The van der Waals surface area contributed by atoms with Crippen LogP contribution in [0, 0.1) is 11.3 Å². The second kappa shape index (κ2) is 10.3. The van der Waals surface area contributed by atoms with Crippen LogP contribution in [-0.4, -0.2) is 12.6 Å². The lowest BCUT2D eigenvalue weighted by molar-refractivity contribution is 0.645. The molecule has 0 aromatic rings. The minimum absolute atomic E-state index is 0.0245. The normalized spacial score (nSPS) is 12.9. The summed E-state index contributed by atoms with van der Waals surface area (Å²) in [6.07, 6.45) is 10.6. The lowest BCUT2D eigenvalue weighted by Crippen LogP contribution is -2.24. The van der Waals surface area contributed by atoms with Crippen LogP contribution in [0.5, 0.6) is 0 Å². The highest BCUT2D eigenvalue weighted by Gasteiger charge is 1.93. The van der Waals surface area contributed by atoms with Gasteiger partial charge in [-0.3, -0.25) is 0 Å². The lowest BCUT2D eigenvalue weighted by atomic mass is 10.2. The van der Waals surface area contributed by atoms with Crippen molar-refractivity contribution in [2.24, 2.45) is 0 Å². The van der Waals surface area contributed by atoms with Crippen molar-refractivity contribution in [2.45, 2.75) is 52.0 Å². The van der Waals surface area contributed by atoms with Crippen molar-refractivity contribution in [3.05, 3.63) is 12.2 Å². The highest BCUT2D eigenvalue weighted by Crippen LogP contribution is 1.99. The molecule has 1 N–H and O–H groups in total. The molecule has 1 unspecified atom stereocenters. The van der Waals surface area contributed by atoms with Gasteiger partial charge in [0.25, 0.3) is 0 Å². The third-order valence-electron chi connectivity index (χ3n) is 2.10. The molecule has 0 amide bonds. The zero-order chi connectivity index (χ0) is 10.6. The zero-order valence-electron chi connectivity index (χ0n) is 9.42. The van der Waals surface area contributed by atoms with Gasteiger partial charge in [-0.2, -0.15) is 5.26 Å². The number of rotatable bonds is 8. The lowest BCUT2D eigenvalue weighted by Gasteiger charge is -2.02. The predicted molar refractivity (Wildman–Crippen MR) is 61.0 cm³/mol. The second-order valence-corrected chi connectivity index (χ2v) is 3.56. The van der Waals surface area contributed by atoms with Crippen molar-refractivity contribution < 1.29 is 0 Å². The van der Waals surface area contributed by atoms with E-state index in [-0.39, 0.29) is 6.04 Å². The maximum atomic E-state index is 8.50. The summed E-state index contributed by atoms with van der Waals surface area (Å²) in [6.45, 7) is 5.00. The van der Waals surface area contributed by atoms with Crippen molar-refractivity contribution in [3.8, 4) is 6.07 Å². The summed E-state index contributed by atoms with van der Waals surface area (Å²) >= 11 is 0. The Balaban J connectivity index is 3.15. The minimum atomic E-state index is -0.0245. The molecule has 80 valence electrons. The predicted octanol–water partition coefficient (Wildman–Crippen LogP) is 3.01. The molecule has 14 heavy (non-hydrogen) atoms. The molecule has 1 atom stereocenters. The summed E-state index contributed by atoms with van der Waals surface area (Å²) in [5.74, 6) is 0. The highest BCUT2D eigenvalue weighted by atomic mass is 14.9. The van der Waals surface area contributed by atoms with E-state index in [4.69, 9.17) is 5.26 Å². The van der Waals surface area contributed by atoms with Crippen LogP contribution in [-0.2, 0) is 0 Å². The first-order valence-corrected chi connectivity index (χ1v) is 5.59. The van der Waals surface area contributed by atoms with Crippen molar-refractivity contribution in [1.29, 1.82) is 5.26 Å². The van der Waals surface area contributed by atoms with Gasteiger partial charge in [0.05, 0.1) is 12.1 Å². The fraction of sp³-hybridized carbons (Fsp3) is 0.750. The molecule has 0 heterocycles. The Kier molecular flexibility index (Phi) is 9.68. The van der Waals surface area contributed by atoms with E-state index in [0.717, 1.165) is 13.0 Å². The van der Waals surface area contributed by atoms with E-state index in [2.05, 4.69) is 30.5 Å². The molecule has 2 heteroatoms. The fourth-order valence-corrected chi connectivity index (χ4v) is 1.18. The van der Waals surface area contributed by atoms with Crippen LogP contribution >= 0.6 is 0 Å². The molecule has 0 rings (SSSR count). The van der Waals surface area contributed by atoms with Crippen molar-refractivity contribution in [3.63, 3.8) is 0 Å². The van der Waals surface area contributed by atoms with E-state index < -0.39 is 0 Å². The molecular weight excluding hydrogens is 172 g/mol. The summed E-state index contributed by atoms with van der Waals surface area (Å²) in [5, 5.41) is 11.6. The molecule has 0 radical (unpaired) electrons. The average Bonchev–Trinajstić information content (AvgIpc) is 2.21. The van der Waals surface area contributed by atoms with Crippen LogP contribution in [0.15, 0.2) is 12.2 Å². The summed E-state index contributed by atoms with van der Waals surface area (Å²) in [4.78, 5) is 0. The average molecular weight is 194 g/mol. The third kappa shape index (κ3) is 9.28. The third-order valence-corrected chi connectivity index (χ3v) is 2.10. The molecule has 0 fully saturated rings. The molecule has 0 aliphatic carbocycles. The van der Waals surface area contributed by atoms with Crippen LogP contribution in [0.1, 0.15) is 46.0 Å². The van der Waals surface area contributed by atoms with E-state index in [1.165, 1.54) is 25.7 Å². The molecule has 0 saturated carbocycles. The second-order valence-electron chi connectivity index (χ2n) is 3.56. The number of unbranched alkanes of at least 4 members (excludes halogenated alkanes) is 3. The van der Waals surface area contributed by atoms with Gasteiger partial charge in [0, 0.05) is 0 Å². The number of hydrogen-bond donors (Lipinski definition) is 1. The van der Waals surface area contributed by atoms with Crippen molar-refractivity contribution >= 4 is 0 Å². The van der Waals surface area contributed by atoms with Crippen LogP contribution in [0.3, 0.4) is 0 Å². The molecule has 0 saturated heterocycles. The topological polar surface area (TPSA) is 35.8 Å². The summed E-state index contributed by atoms with van der Waals surface area (Å²) in [5.41, 5.74) is 0. The summed E-state index contributed by atoms with van der Waals surface area (Å²) in [6, 6.07) is 2.12. The fourth-order valence-electron chi connectivity index (χ4n) is 1.18. The van der Waals surface area contributed by atoms with Gasteiger partial charge >= 0.3 is 0 Å². The molecular formula is C12H22N2. The Morgan fingerprint density at radius 1 is 1.29 bits per heavy atom. The quantitative estimate of drug-likeness (QED) is 0.476. The maximum absolute atomic E-state index is 8.50. The smallest absolute Gasteiger partial charge is 0.0924 e. The van der Waals surface area contributed by atoms with Gasteiger partial charge in [0.1, 0.15) is 0 Å². The van der Waals surface area contributed by atoms with Crippen LogP contribution in [0.2, 0.25) is 0 Å². The van der Waals surface area contributed by atoms with Gasteiger partial charge in [-0.15, -0.1) is 0 Å². The Hall–Kier alpha value is -0.810. The van der Waals surface area contributed by atoms with E-state index in [0.29, 0.717) is 0 Å². The van der Waals surface area contributed by atoms with Gasteiger partial charge in [0.2, 0.25) is 0 Å². The van der Waals surface area contributed by atoms with Gasteiger partial charge in [-0.25, -0.2) is 0 Å². The number of nitrogens with zero attached hydrogens (tertiary/aromatic N) is 1. The van der Waals surface area contributed by atoms with Crippen LogP contribution in [0.4, 0.5) is 0 Å². The summed E-state index contributed by atoms with van der Waals surface area (Å²) in [7, 11) is 0. The zero-order valence-corrected chi connectivity index (χ0v) is 9.42. The maximum Gasteiger partial charge on any atom is 0.0924 e. The van der Waals surface area contributed by atoms with E-state index in [1.807, 2.05) is 6.92 Å². The first kappa shape index (κ1) is 13.2. The number of nitriles is 1. The van der Waals surface area contributed by atoms with Crippen LogP contribution in [0.25, 0.3) is 0 Å². The van der Waals surface area contributed by atoms with Crippen LogP contribution < -0.4 is 5.32 Å². The molecule has 0 aromatic heterocycles. The first-order chi connectivity index (χ1) is 6.81. The standard InChI is InChI=1S/C12H22N2/c1-3-4-5-6-7-8-9-10-14-12(2)11-13/h7-8,12,14H,3-6,9-10H2,1-2H3/b8-7+. The molecule has 0 aromatic carbocycles. The van der Waals surface area contributed by atoms with Gasteiger partial charge in [-0.05, 0) is 32.7 Å². The molecule has 0 bridgehead atoms. The Labute approximate surface area is 88.0 Å². The molecule has 0 spiro atoms. The van der Waals surface area contributed by atoms with Gasteiger partial charge in [-0.1, -0.05) is 31.9 Å². The van der Waals surface area contributed by atoms with Crippen molar-refractivity contribution in [1.82, 2.24) is 5.32 Å². The SMILES string of the molecule is CCCCC/C=C/CCNC(C)C#N. The van der Waals surface area contributed by atoms with Gasteiger partial charge < -0.3 is 5.32 Å². The molecule has 0 aliphatic rings.